The standard InChI is InChI=1S/C15H21N3O2/c1-3-9-16-11-14(12-17-10-4-2)13-5-7-15(8-6-13)18(19)20/h5-8,11-12,16H,3-4,9-10H2,1-2H3/b14-11+,17-12?. The van der Waals surface area contributed by atoms with Gasteiger partial charge in [-0.2, -0.15) is 0 Å². The van der Waals surface area contributed by atoms with Crippen molar-refractivity contribution in [1.82, 2.24) is 5.32 Å². The van der Waals surface area contributed by atoms with Crippen LogP contribution in [-0.2, 0) is 0 Å². The molecule has 0 aliphatic heterocycles. The smallest absolute Gasteiger partial charge is 0.269 e. The van der Waals surface area contributed by atoms with Crippen LogP contribution in [0.25, 0.3) is 5.57 Å². The number of nitro benzene ring substituents is 1. The Kier molecular flexibility index (Phi) is 7.03. The molecular formula is C15H21N3O2. The molecule has 5 heteroatoms. The Morgan fingerprint density at radius 1 is 1.30 bits per heavy atom. The number of benzene rings is 1. The van der Waals surface area contributed by atoms with Gasteiger partial charge in [0.25, 0.3) is 5.69 Å². The molecule has 1 N–H and O–H groups in total. The summed E-state index contributed by atoms with van der Waals surface area (Å²) in [6.07, 6.45) is 5.75. The van der Waals surface area contributed by atoms with Gasteiger partial charge in [0, 0.05) is 43.2 Å². The summed E-state index contributed by atoms with van der Waals surface area (Å²) in [7, 11) is 0. The molecule has 0 unspecified atom stereocenters. The zero-order chi connectivity index (χ0) is 14.8. The van der Waals surface area contributed by atoms with Crippen LogP contribution in [0.2, 0.25) is 0 Å². The molecule has 0 atom stereocenters. The Morgan fingerprint density at radius 3 is 2.55 bits per heavy atom. The fourth-order valence-electron chi connectivity index (χ4n) is 1.59. The molecule has 1 aromatic carbocycles. The maximum atomic E-state index is 10.7. The first-order chi connectivity index (χ1) is 9.69. The highest BCUT2D eigenvalue weighted by Crippen LogP contribution is 2.17. The van der Waals surface area contributed by atoms with Crippen LogP contribution in [0.15, 0.2) is 35.5 Å². The Labute approximate surface area is 119 Å². The molecular weight excluding hydrogens is 254 g/mol. The van der Waals surface area contributed by atoms with Gasteiger partial charge in [-0.15, -0.1) is 0 Å². The average Bonchev–Trinajstić information content (AvgIpc) is 2.46. The van der Waals surface area contributed by atoms with Crippen LogP contribution < -0.4 is 5.32 Å². The minimum Gasteiger partial charge on any atom is -0.390 e. The SMILES string of the molecule is CCCN=C/C(=C\NCCC)c1ccc([N+](=O)[O-])cc1. The molecule has 0 saturated carbocycles. The van der Waals surface area contributed by atoms with Gasteiger partial charge in [-0.25, -0.2) is 0 Å². The fourth-order valence-corrected chi connectivity index (χ4v) is 1.59. The first-order valence-corrected chi connectivity index (χ1v) is 6.87. The van der Waals surface area contributed by atoms with E-state index in [1.54, 1.807) is 12.1 Å². The lowest BCUT2D eigenvalue weighted by molar-refractivity contribution is -0.384. The Balaban J connectivity index is 2.91. The molecule has 20 heavy (non-hydrogen) atoms. The Bertz CT molecular complexity index is 478. The third-order valence-corrected chi connectivity index (χ3v) is 2.65. The van der Waals surface area contributed by atoms with E-state index in [0.717, 1.165) is 37.1 Å². The summed E-state index contributed by atoms with van der Waals surface area (Å²) >= 11 is 0. The van der Waals surface area contributed by atoms with Crippen LogP contribution >= 0.6 is 0 Å². The second-order valence-electron chi connectivity index (χ2n) is 4.39. The van der Waals surface area contributed by atoms with Crippen molar-refractivity contribution in [3.8, 4) is 0 Å². The minimum absolute atomic E-state index is 0.0973. The van der Waals surface area contributed by atoms with Gasteiger partial charge >= 0.3 is 0 Å². The molecule has 0 heterocycles. The van der Waals surface area contributed by atoms with E-state index in [9.17, 15) is 10.1 Å². The molecule has 0 aliphatic carbocycles. The summed E-state index contributed by atoms with van der Waals surface area (Å²) in [5.74, 6) is 0. The lowest BCUT2D eigenvalue weighted by Crippen LogP contribution is -2.07. The summed E-state index contributed by atoms with van der Waals surface area (Å²) in [5.41, 5.74) is 1.95. The van der Waals surface area contributed by atoms with Gasteiger partial charge in [-0.05, 0) is 30.5 Å². The Hall–Kier alpha value is -2.17. The Morgan fingerprint density at radius 2 is 2.00 bits per heavy atom. The predicted octanol–water partition coefficient (Wildman–Crippen LogP) is 3.42. The van der Waals surface area contributed by atoms with Crippen LogP contribution in [-0.4, -0.2) is 24.2 Å². The third-order valence-electron chi connectivity index (χ3n) is 2.65. The van der Waals surface area contributed by atoms with Crippen molar-refractivity contribution >= 4 is 17.5 Å². The maximum absolute atomic E-state index is 10.7. The van der Waals surface area contributed by atoms with Gasteiger partial charge in [0.2, 0.25) is 0 Å². The molecule has 0 aliphatic rings. The number of hydrogen-bond acceptors (Lipinski definition) is 4. The second kappa shape index (κ2) is 8.85. The van der Waals surface area contributed by atoms with E-state index < -0.39 is 4.92 Å². The minimum atomic E-state index is -0.395. The van der Waals surface area contributed by atoms with Crippen LogP contribution in [0.5, 0.6) is 0 Å². The maximum Gasteiger partial charge on any atom is 0.269 e. The van der Waals surface area contributed by atoms with Crippen molar-refractivity contribution in [2.45, 2.75) is 26.7 Å². The summed E-state index contributed by atoms with van der Waals surface area (Å²) in [6.45, 7) is 5.83. The average molecular weight is 275 g/mol. The first kappa shape index (κ1) is 15.9. The van der Waals surface area contributed by atoms with Crippen molar-refractivity contribution in [2.75, 3.05) is 13.1 Å². The summed E-state index contributed by atoms with van der Waals surface area (Å²) in [4.78, 5) is 14.6. The molecule has 0 aromatic heterocycles. The van der Waals surface area contributed by atoms with E-state index in [2.05, 4.69) is 24.2 Å². The molecule has 1 aromatic rings. The van der Waals surface area contributed by atoms with Gasteiger partial charge in [-0.3, -0.25) is 15.1 Å². The molecule has 108 valence electrons. The summed E-state index contributed by atoms with van der Waals surface area (Å²) < 4.78 is 0. The van der Waals surface area contributed by atoms with Crippen molar-refractivity contribution in [2.24, 2.45) is 4.99 Å². The van der Waals surface area contributed by atoms with E-state index >= 15 is 0 Å². The topological polar surface area (TPSA) is 67.5 Å². The zero-order valence-electron chi connectivity index (χ0n) is 12.0. The van der Waals surface area contributed by atoms with Crippen molar-refractivity contribution in [3.63, 3.8) is 0 Å². The summed E-state index contributed by atoms with van der Waals surface area (Å²) in [6, 6.07) is 6.51. The monoisotopic (exact) mass is 275 g/mol. The van der Waals surface area contributed by atoms with E-state index in [1.165, 1.54) is 12.1 Å². The molecule has 0 spiro atoms. The van der Waals surface area contributed by atoms with Crippen molar-refractivity contribution < 1.29 is 4.92 Å². The van der Waals surface area contributed by atoms with Gasteiger partial charge in [0.05, 0.1) is 4.92 Å². The number of nitrogens with one attached hydrogen (secondary N) is 1. The lowest BCUT2D eigenvalue weighted by atomic mass is 10.1. The molecule has 0 amide bonds. The molecule has 0 radical (unpaired) electrons. The first-order valence-electron chi connectivity index (χ1n) is 6.87. The highest BCUT2D eigenvalue weighted by atomic mass is 16.6. The fraction of sp³-hybridized carbons (Fsp3) is 0.400. The van der Waals surface area contributed by atoms with E-state index in [-0.39, 0.29) is 5.69 Å². The zero-order valence-corrected chi connectivity index (χ0v) is 12.0. The number of hydrogen-bond donors (Lipinski definition) is 1. The van der Waals surface area contributed by atoms with Crippen LogP contribution in [0.4, 0.5) is 5.69 Å². The number of non-ortho nitro benzene ring substituents is 1. The summed E-state index contributed by atoms with van der Waals surface area (Å²) in [5, 5.41) is 13.9. The van der Waals surface area contributed by atoms with Gasteiger partial charge in [0.1, 0.15) is 0 Å². The van der Waals surface area contributed by atoms with E-state index in [1.807, 2.05) is 12.4 Å². The highest BCUT2D eigenvalue weighted by molar-refractivity contribution is 6.09. The number of nitrogens with zero attached hydrogens (tertiary/aromatic N) is 2. The number of aliphatic imine (C=N–C) groups is 1. The normalized spacial score (nSPS) is 11.8. The quantitative estimate of drug-likeness (QED) is 0.342. The third kappa shape index (κ3) is 5.22. The van der Waals surface area contributed by atoms with Crippen molar-refractivity contribution in [1.29, 1.82) is 0 Å². The number of allylic oxidation sites excluding steroid dienone is 1. The van der Waals surface area contributed by atoms with Crippen LogP contribution in [0.1, 0.15) is 32.3 Å². The van der Waals surface area contributed by atoms with Crippen LogP contribution in [0.3, 0.4) is 0 Å². The van der Waals surface area contributed by atoms with Gasteiger partial charge in [0.15, 0.2) is 0 Å². The second-order valence-corrected chi connectivity index (χ2v) is 4.39. The van der Waals surface area contributed by atoms with Crippen molar-refractivity contribution in [3.05, 3.63) is 46.1 Å². The molecule has 5 nitrogen and oxygen atoms in total. The number of nitro groups is 1. The predicted molar refractivity (Wildman–Crippen MR) is 83.0 cm³/mol. The number of rotatable bonds is 8. The molecule has 0 fully saturated rings. The lowest BCUT2D eigenvalue weighted by Gasteiger charge is -2.04. The van der Waals surface area contributed by atoms with Gasteiger partial charge in [-0.1, -0.05) is 13.8 Å². The largest absolute Gasteiger partial charge is 0.390 e. The molecule has 0 bridgehead atoms. The highest BCUT2D eigenvalue weighted by Gasteiger charge is 2.05. The van der Waals surface area contributed by atoms with Crippen LogP contribution in [0, 0.1) is 10.1 Å². The molecule has 1 rings (SSSR count). The van der Waals surface area contributed by atoms with E-state index in [4.69, 9.17) is 0 Å². The molecule has 0 saturated heterocycles. The van der Waals surface area contributed by atoms with Gasteiger partial charge < -0.3 is 5.32 Å². The van der Waals surface area contributed by atoms with E-state index in [0.29, 0.717) is 0 Å².